The van der Waals surface area contributed by atoms with E-state index in [1.807, 2.05) is 6.92 Å². The smallest absolute Gasteiger partial charge is 0.343 e. The van der Waals surface area contributed by atoms with Crippen molar-refractivity contribution in [2.75, 3.05) is 53.7 Å². The number of benzene rings is 2. The highest BCUT2D eigenvalue weighted by molar-refractivity contribution is 9.10. The Labute approximate surface area is 239 Å². The van der Waals surface area contributed by atoms with Crippen LogP contribution in [0.15, 0.2) is 50.8 Å². The third kappa shape index (κ3) is 6.81. The molecule has 4 rings (SSSR count). The average molecular weight is 619 g/mol. The van der Waals surface area contributed by atoms with Crippen LogP contribution in [0.5, 0.6) is 11.5 Å². The summed E-state index contributed by atoms with van der Waals surface area (Å²) < 4.78 is 21.5. The Bertz CT molecular complexity index is 1320. The van der Waals surface area contributed by atoms with E-state index in [9.17, 15) is 14.4 Å². The monoisotopic (exact) mass is 617 g/mol. The number of morpholine rings is 1. The van der Waals surface area contributed by atoms with Gasteiger partial charge in [0.15, 0.2) is 23.3 Å². The molecule has 0 atom stereocenters. The first-order chi connectivity index (χ1) is 18.8. The summed E-state index contributed by atoms with van der Waals surface area (Å²) in [6, 6.07) is 10.6. The van der Waals surface area contributed by atoms with Gasteiger partial charge in [-0.15, -0.1) is 0 Å². The number of thioether (sulfide) groups is 1. The number of amidine groups is 1. The van der Waals surface area contributed by atoms with Gasteiger partial charge in [0.2, 0.25) is 0 Å². The van der Waals surface area contributed by atoms with Gasteiger partial charge in [0.1, 0.15) is 0 Å². The molecule has 2 aliphatic heterocycles. The fourth-order valence-electron chi connectivity index (χ4n) is 3.94. The molecule has 0 spiro atoms. The maximum atomic E-state index is 13.2. The zero-order valence-corrected chi connectivity index (χ0v) is 24.2. The number of hydrogen-bond donors (Lipinski definition) is 0. The number of hydrogen-bond acceptors (Lipinski definition) is 9. The zero-order valence-electron chi connectivity index (χ0n) is 21.8. The molecule has 0 aliphatic carbocycles. The topological polar surface area (TPSA) is 107 Å². The summed E-state index contributed by atoms with van der Waals surface area (Å²) in [5.41, 5.74) is 1.81. The highest BCUT2D eigenvalue weighted by Crippen LogP contribution is 2.39. The van der Waals surface area contributed by atoms with Crippen molar-refractivity contribution in [2.45, 2.75) is 6.92 Å². The van der Waals surface area contributed by atoms with Crippen LogP contribution in [-0.4, -0.2) is 86.4 Å². The molecule has 2 saturated heterocycles. The Morgan fingerprint density at radius 1 is 1.18 bits per heavy atom. The Morgan fingerprint density at radius 3 is 2.64 bits per heavy atom. The Kier molecular flexibility index (Phi) is 9.65. The lowest BCUT2D eigenvalue weighted by molar-refractivity contribution is -0.143. The van der Waals surface area contributed by atoms with Gasteiger partial charge in [0.25, 0.3) is 11.8 Å². The summed E-state index contributed by atoms with van der Waals surface area (Å²) >= 11 is 4.71. The van der Waals surface area contributed by atoms with Crippen LogP contribution in [0.2, 0.25) is 0 Å². The predicted octanol–water partition coefficient (Wildman–Crippen LogP) is 4.11. The van der Waals surface area contributed by atoms with Crippen LogP contribution < -0.4 is 9.47 Å². The SMILES string of the molecule is CCN1C(=O)/C(=C\c2cc(Br)c(OCC(=O)OC)c(OC)c2)SC1=Nc1cccc(C(=O)N2CCOCC2)c1. The molecule has 206 valence electrons. The quantitative estimate of drug-likeness (QED) is 0.322. The first-order valence-corrected chi connectivity index (χ1v) is 13.8. The van der Waals surface area contributed by atoms with Crippen LogP contribution in [0.1, 0.15) is 22.8 Å². The van der Waals surface area contributed by atoms with Gasteiger partial charge in [-0.3, -0.25) is 14.5 Å². The molecule has 0 bridgehead atoms. The van der Waals surface area contributed by atoms with E-state index in [1.165, 1.54) is 26.0 Å². The number of amides is 2. The van der Waals surface area contributed by atoms with Crippen molar-refractivity contribution in [3.63, 3.8) is 0 Å². The van der Waals surface area contributed by atoms with E-state index in [0.717, 1.165) is 0 Å². The van der Waals surface area contributed by atoms with Gasteiger partial charge in [-0.1, -0.05) is 6.07 Å². The summed E-state index contributed by atoms with van der Waals surface area (Å²) in [6.45, 7) is 4.20. The molecule has 2 heterocycles. The van der Waals surface area contributed by atoms with E-state index in [4.69, 9.17) is 19.2 Å². The standard InChI is InChI=1S/C27H28BrN3O7S/c1-4-31-26(34)22(14-17-12-20(28)24(21(13-17)35-2)38-16-23(32)36-3)39-27(31)29-19-7-5-6-18(15-19)25(33)30-8-10-37-11-9-30/h5-7,12-15H,4,8-11,16H2,1-3H3/b22-14+,29-27?. The predicted molar refractivity (Wildman–Crippen MR) is 151 cm³/mol. The van der Waals surface area contributed by atoms with Gasteiger partial charge in [0, 0.05) is 25.2 Å². The molecule has 39 heavy (non-hydrogen) atoms. The number of carbonyl (C=O) groups excluding carboxylic acids is 3. The normalized spacial score (nSPS) is 17.6. The third-order valence-corrected chi connectivity index (χ3v) is 7.53. The molecule has 12 heteroatoms. The minimum absolute atomic E-state index is 0.0676. The lowest BCUT2D eigenvalue weighted by Gasteiger charge is -2.26. The van der Waals surface area contributed by atoms with Crippen LogP contribution in [0.25, 0.3) is 6.08 Å². The largest absolute Gasteiger partial charge is 0.493 e. The van der Waals surface area contributed by atoms with E-state index in [1.54, 1.807) is 52.3 Å². The van der Waals surface area contributed by atoms with Gasteiger partial charge in [-0.25, -0.2) is 9.79 Å². The number of methoxy groups -OCH3 is 2. The summed E-state index contributed by atoms with van der Waals surface area (Å²) in [7, 11) is 2.77. The number of nitrogens with zero attached hydrogens (tertiary/aromatic N) is 3. The molecule has 0 aromatic heterocycles. The van der Waals surface area contributed by atoms with Crippen LogP contribution in [0.4, 0.5) is 5.69 Å². The van der Waals surface area contributed by atoms with Crippen LogP contribution in [0.3, 0.4) is 0 Å². The van der Waals surface area contributed by atoms with E-state index < -0.39 is 5.97 Å². The van der Waals surface area contributed by atoms with Gasteiger partial charge in [0.05, 0.1) is 42.5 Å². The second-order valence-corrected chi connectivity index (χ2v) is 10.3. The maximum Gasteiger partial charge on any atom is 0.343 e. The summed E-state index contributed by atoms with van der Waals surface area (Å²) in [5, 5.41) is 0.522. The van der Waals surface area contributed by atoms with Crippen molar-refractivity contribution >= 4 is 62.4 Å². The molecular weight excluding hydrogens is 590 g/mol. The van der Waals surface area contributed by atoms with Crippen molar-refractivity contribution < 1.29 is 33.3 Å². The molecule has 0 saturated carbocycles. The lowest BCUT2D eigenvalue weighted by atomic mass is 10.1. The first-order valence-electron chi connectivity index (χ1n) is 12.2. The van der Waals surface area contributed by atoms with E-state index >= 15 is 0 Å². The van der Waals surface area contributed by atoms with Gasteiger partial charge in [-0.2, -0.15) is 0 Å². The minimum atomic E-state index is -0.523. The maximum absolute atomic E-state index is 13.2. The van der Waals surface area contributed by atoms with E-state index in [-0.39, 0.29) is 18.4 Å². The molecule has 0 radical (unpaired) electrons. The van der Waals surface area contributed by atoms with Crippen LogP contribution >= 0.6 is 27.7 Å². The van der Waals surface area contributed by atoms with E-state index in [2.05, 4.69) is 20.7 Å². The average Bonchev–Trinajstić information content (AvgIpc) is 3.24. The molecule has 10 nitrogen and oxygen atoms in total. The molecule has 0 N–H and O–H groups in total. The van der Waals surface area contributed by atoms with Gasteiger partial charge < -0.3 is 23.8 Å². The number of halogens is 1. The first kappa shape index (κ1) is 28.7. The second-order valence-electron chi connectivity index (χ2n) is 8.41. The minimum Gasteiger partial charge on any atom is -0.493 e. The summed E-state index contributed by atoms with van der Waals surface area (Å²) in [6.07, 6.45) is 1.74. The highest BCUT2D eigenvalue weighted by Gasteiger charge is 2.32. The number of likely N-dealkylation sites (N-methyl/N-ethyl adjacent to an activating group) is 1. The Hall–Kier alpha value is -3.35. The van der Waals surface area contributed by atoms with Crippen LogP contribution in [-0.2, 0) is 19.1 Å². The van der Waals surface area contributed by atoms with E-state index in [0.29, 0.717) is 75.7 Å². The highest BCUT2D eigenvalue weighted by atomic mass is 79.9. The van der Waals surface area contributed by atoms with Crippen molar-refractivity contribution in [1.29, 1.82) is 0 Å². The Morgan fingerprint density at radius 2 is 1.95 bits per heavy atom. The van der Waals surface area contributed by atoms with Crippen molar-refractivity contribution in [1.82, 2.24) is 9.80 Å². The van der Waals surface area contributed by atoms with Crippen molar-refractivity contribution in [3.8, 4) is 11.5 Å². The summed E-state index contributed by atoms with van der Waals surface area (Å²) in [5.74, 6) is -0.0339. The second kappa shape index (κ2) is 13.1. The number of carbonyl (C=O) groups is 3. The fourth-order valence-corrected chi connectivity index (χ4v) is 5.58. The number of aliphatic imine (C=N–C) groups is 1. The molecule has 2 aromatic rings. The fraction of sp³-hybridized carbons (Fsp3) is 0.333. The van der Waals surface area contributed by atoms with Crippen molar-refractivity contribution in [3.05, 3.63) is 56.9 Å². The lowest BCUT2D eigenvalue weighted by Crippen LogP contribution is -2.40. The number of ether oxygens (including phenoxy) is 4. The number of esters is 1. The molecule has 2 aromatic carbocycles. The zero-order chi connectivity index (χ0) is 27.9. The van der Waals surface area contributed by atoms with Crippen molar-refractivity contribution in [2.24, 2.45) is 4.99 Å². The van der Waals surface area contributed by atoms with Crippen LogP contribution in [0, 0.1) is 0 Å². The molecule has 2 aliphatic rings. The Balaban J connectivity index is 1.58. The molecule has 2 amide bonds. The molecular formula is C27H28BrN3O7S. The molecule has 2 fully saturated rings. The van der Waals surface area contributed by atoms with Gasteiger partial charge in [-0.05, 0) is 76.6 Å². The molecule has 0 unspecified atom stereocenters. The summed E-state index contributed by atoms with van der Waals surface area (Å²) in [4.78, 5) is 46.1. The van der Waals surface area contributed by atoms with Gasteiger partial charge >= 0.3 is 5.97 Å². The number of rotatable bonds is 8. The third-order valence-electron chi connectivity index (χ3n) is 5.93.